The van der Waals surface area contributed by atoms with Crippen molar-refractivity contribution in [3.05, 3.63) is 52.5 Å². The number of unbranched alkanes of at least 4 members (excludes halogenated alkanes) is 1. The molecular weight excluding hydrogens is 492 g/mol. The number of aromatic nitrogens is 1. The van der Waals surface area contributed by atoms with Crippen LogP contribution in [0.3, 0.4) is 0 Å². The maximum atomic E-state index is 13.2. The highest BCUT2D eigenvalue weighted by Crippen LogP contribution is 2.36. The summed E-state index contributed by atoms with van der Waals surface area (Å²) in [6.07, 6.45) is 1.68. The van der Waals surface area contributed by atoms with Gasteiger partial charge < -0.3 is 20.4 Å². The first-order chi connectivity index (χ1) is 17.9. The van der Waals surface area contributed by atoms with Gasteiger partial charge in [0.1, 0.15) is 12.8 Å². The molecule has 1 fully saturated rings. The van der Waals surface area contributed by atoms with Crippen molar-refractivity contribution in [1.29, 1.82) is 0 Å². The second-order valence-electron chi connectivity index (χ2n) is 8.95. The Morgan fingerprint density at radius 1 is 1.11 bits per heavy atom. The summed E-state index contributed by atoms with van der Waals surface area (Å²) in [4.78, 5) is 53.9. The molecule has 1 saturated heterocycles. The van der Waals surface area contributed by atoms with Crippen LogP contribution >= 0.6 is 11.3 Å². The van der Waals surface area contributed by atoms with Crippen LogP contribution < -0.4 is 10.6 Å². The zero-order chi connectivity index (χ0) is 26.1. The molecule has 0 atom stereocenters. The molecular formula is C26H28N6O4S. The Morgan fingerprint density at radius 3 is 2.49 bits per heavy atom. The Balaban J connectivity index is 1.39. The van der Waals surface area contributed by atoms with Crippen molar-refractivity contribution >= 4 is 56.4 Å². The third kappa shape index (κ3) is 4.39. The Hall–Kier alpha value is -3.99. The van der Waals surface area contributed by atoms with Gasteiger partial charge in [0.2, 0.25) is 0 Å². The van der Waals surface area contributed by atoms with Crippen LogP contribution in [-0.2, 0) is 9.63 Å². The minimum atomic E-state index is -0.271. The molecule has 2 N–H and O–H groups in total. The smallest absolute Gasteiger partial charge is 0.278 e. The van der Waals surface area contributed by atoms with Crippen LogP contribution in [0.2, 0.25) is 0 Å². The highest BCUT2D eigenvalue weighted by Gasteiger charge is 2.34. The maximum Gasteiger partial charge on any atom is 0.278 e. The van der Waals surface area contributed by atoms with Crippen LogP contribution in [0.4, 0.5) is 10.8 Å². The molecule has 3 heterocycles. The van der Waals surface area contributed by atoms with E-state index in [0.29, 0.717) is 60.1 Å². The summed E-state index contributed by atoms with van der Waals surface area (Å²) in [6.45, 7) is 4.54. The van der Waals surface area contributed by atoms with Gasteiger partial charge >= 0.3 is 0 Å². The molecule has 0 saturated carbocycles. The third-order valence-electron chi connectivity index (χ3n) is 6.76. The van der Waals surface area contributed by atoms with Gasteiger partial charge in [-0.2, -0.15) is 0 Å². The topological polar surface area (TPSA) is 121 Å². The molecule has 3 aromatic rings. The predicted molar refractivity (Wildman–Crippen MR) is 143 cm³/mol. The predicted octanol–water partition coefficient (Wildman–Crippen LogP) is 2.97. The lowest BCUT2D eigenvalue weighted by Gasteiger charge is -2.37. The number of imide groups is 1. The van der Waals surface area contributed by atoms with Gasteiger partial charge in [0.25, 0.3) is 17.7 Å². The number of nitrogens with zero attached hydrogens (tertiary/aromatic N) is 5. The molecule has 0 spiro atoms. The van der Waals surface area contributed by atoms with Gasteiger partial charge in [-0.05, 0) is 24.6 Å². The average molecular weight is 521 g/mol. The van der Waals surface area contributed by atoms with Crippen molar-refractivity contribution in [3.8, 4) is 0 Å². The fraction of sp³-hybridized carbons (Fsp3) is 0.346. The lowest BCUT2D eigenvalue weighted by Crippen LogP contribution is -2.51. The molecule has 11 heteroatoms. The number of thiazole rings is 1. The van der Waals surface area contributed by atoms with Gasteiger partial charge in [-0.15, -0.1) is 11.3 Å². The van der Waals surface area contributed by atoms with E-state index in [9.17, 15) is 14.4 Å². The number of anilines is 2. The first-order valence-corrected chi connectivity index (χ1v) is 13.1. The molecule has 10 nitrogen and oxygen atoms in total. The molecule has 2 aliphatic rings. The van der Waals surface area contributed by atoms with Crippen LogP contribution in [0.5, 0.6) is 0 Å². The average Bonchev–Trinajstić information content (AvgIpc) is 3.35. The number of hydrogen-bond donors (Lipinski definition) is 1. The van der Waals surface area contributed by atoms with E-state index in [2.05, 4.69) is 15.0 Å². The third-order valence-corrected chi connectivity index (χ3v) is 7.44. The summed E-state index contributed by atoms with van der Waals surface area (Å²) < 4.78 is 0. The van der Waals surface area contributed by atoms with Crippen molar-refractivity contribution in [2.24, 2.45) is 5.16 Å². The Labute approximate surface area is 218 Å². The van der Waals surface area contributed by atoms with Crippen LogP contribution in [0.1, 0.15) is 46.2 Å². The van der Waals surface area contributed by atoms with Crippen molar-refractivity contribution in [2.45, 2.75) is 19.8 Å². The zero-order valence-corrected chi connectivity index (χ0v) is 21.6. The van der Waals surface area contributed by atoms with E-state index < -0.39 is 0 Å². The monoisotopic (exact) mass is 520 g/mol. The number of carbonyl (C=O) groups is 3. The van der Waals surface area contributed by atoms with Crippen LogP contribution in [0, 0.1) is 0 Å². The number of hydrogen-bond acceptors (Lipinski definition) is 9. The van der Waals surface area contributed by atoms with Crippen molar-refractivity contribution in [2.75, 3.05) is 50.5 Å². The van der Waals surface area contributed by atoms with Gasteiger partial charge in [0, 0.05) is 65.7 Å². The van der Waals surface area contributed by atoms with Crippen LogP contribution in [0.15, 0.2) is 40.9 Å². The number of rotatable bonds is 7. The van der Waals surface area contributed by atoms with E-state index in [0.717, 1.165) is 23.9 Å². The Morgan fingerprint density at radius 2 is 1.84 bits per heavy atom. The number of nitrogen functional groups attached to an aromatic ring is 1. The fourth-order valence-corrected chi connectivity index (χ4v) is 5.46. The molecule has 1 aromatic heterocycles. The van der Waals surface area contributed by atoms with Gasteiger partial charge in [-0.3, -0.25) is 19.3 Å². The number of benzene rings is 2. The van der Waals surface area contributed by atoms with E-state index in [4.69, 9.17) is 10.6 Å². The van der Waals surface area contributed by atoms with Crippen molar-refractivity contribution < 1.29 is 19.2 Å². The normalized spacial score (nSPS) is 16.1. The van der Waals surface area contributed by atoms with E-state index in [1.165, 1.54) is 23.3 Å². The summed E-state index contributed by atoms with van der Waals surface area (Å²) >= 11 is 1.23. The van der Waals surface area contributed by atoms with Gasteiger partial charge in [-0.25, -0.2) is 4.98 Å². The summed E-state index contributed by atoms with van der Waals surface area (Å²) in [5.74, 6) is -0.749. The van der Waals surface area contributed by atoms with Gasteiger partial charge in [0.05, 0.1) is 0 Å². The van der Waals surface area contributed by atoms with E-state index in [1.54, 1.807) is 16.3 Å². The molecule has 0 bridgehead atoms. The quantitative estimate of drug-likeness (QED) is 0.289. The number of amides is 3. The first kappa shape index (κ1) is 24.7. The molecule has 0 unspecified atom stereocenters. The number of carbonyl (C=O) groups excluding carboxylic acids is 3. The second-order valence-corrected chi connectivity index (χ2v) is 9.84. The molecule has 0 radical (unpaired) electrons. The van der Waals surface area contributed by atoms with Crippen molar-refractivity contribution in [3.63, 3.8) is 0 Å². The second kappa shape index (κ2) is 10.2. The lowest BCUT2D eigenvalue weighted by molar-refractivity contribution is -0.124. The summed E-state index contributed by atoms with van der Waals surface area (Å²) in [5.41, 5.74) is 8.30. The summed E-state index contributed by atoms with van der Waals surface area (Å²) in [5, 5.41) is 7.51. The first-order valence-electron chi connectivity index (χ1n) is 12.2. The Bertz CT molecular complexity index is 1390. The molecule has 37 heavy (non-hydrogen) atoms. The largest absolute Gasteiger partial charge is 0.398 e. The van der Waals surface area contributed by atoms with Crippen molar-refractivity contribution in [1.82, 2.24) is 14.8 Å². The summed E-state index contributed by atoms with van der Waals surface area (Å²) in [6, 6.07) is 9.38. The number of oxime groups is 1. The van der Waals surface area contributed by atoms with Crippen LogP contribution in [-0.4, -0.2) is 78.1 Å². The Kier molecular flexibility index (Phi) is 6.79. The number of piperazine rings is 1. The van der Waals surface area contributed by atoms with Gasteiger partial charge in [0.15, 0.2) is 10.8 Å². The standard InChI is InChI=1S/C26H28N6O4S/c1-3-4-10-32-23(33)17-7-5-6-16-20(9-8-18(21(16)17)24(32)34)30-11-13-31(14-12-30)25(35)22(29-36-2)19-15-37-26(27)28-19/h5-9,15H,3-4,10-14H2,1-2H3,(H2,27,28)/b29-22-. The molecule has 2 aromatic carbocycles. The van der Waals surface area contributed by atoms with E-state index in [1.807, 2.05) is 31.2 Å². The summed E-state index contributed by atoms with van der Waals surface area (Å²) in [7, 11) is 1.39. The minimum absolute atomic E-state index is 0.120. The lowest BCUT2D eigenvalue weighted by atomic mass is 9.92. The number of nitrogens with two attached hydrogens (primary N) is 1. The van der Waals surface area contributed by atoms with E-state index >= 15 is 0 Å². The molecule has 5 rings (SSSR count). The molecule has 0 aliphatic carbocycles. The van der Waals surface area contributed by atoms with E-state index in [-0.39, 0.29) is 23.4 Å². The molecule has 2 aliphatic heterocycles. The van der Waals surface area contributed by atoms with Crippen LogP contribution in [0.25, 0.3) is 10.8 Å². The highest BCUT2D eigenvalue weighted by molar-refractivity contribution is 7.13. The zero-order valence-electron chi connectivity index (χ0n) is 20.8. The maximum absolute atomic E-state index is 13.2. The fourth-order valence-electron chi connectivity index (χ4n) is 4.91. The minimum Gasteiger partial charge on any atom is -0.398 e. The molecule has 192 valence electrons. The molecule has 3 amide bonds. The van der Waals surface area contributed by atoms with Gasteiger partial charge in [-0.1, -0.05) is 30.6 Å². The SMILES string of the molecule is CCCCN1C(=O)c2cccc3c(N4CCN(C(=O)/C(=N\OC)c5csc(N)n5)CC4)ccc(c23)C1=O. The highest BCUT2D eigenvalue weighted by atomic mass is 32.1.